The molecule has 2 aromatic heterocycles. The SMILES string of the molecule is CC(C)Cn1cc(C=O)c(-c2ccoc2)n1. The molecule has 0 N–H and O–H groups in total. The summed E-state index contributed by atoms with van der Waals surface area (Å²) in [6, 6.07) is 1.80. The van der Waals surface area contributed by atoms with E-state index in [9.17, 15) is 4.79 Å². The van der Waals surface area contributed by atoms with Crippen LogP contribution in [0.3, 0.4) is 0 Å². The maximum absolute atomic E-state index is 10.9. The molecule has 0 atom stereocenters. The molecule has 0 aliphatic carbocycles. The molecular formula is C12H14N2O2. The molecule has 0 aliphatic heterocycles. The van der Waals surface area contributed by atoms with Crippen molar-refractivity contribution in [3.63, 3.8) is 0 Å². The fourth-order valence-electron chi connectivity index (χ4n) is 1.61. The largest absolute Gasteiger partial charge is 0.472 e. The lowest BCUT2D eigenvalue weighted by Gasteiger charge is -2.03. The van der Waals surface area contributed by atoms with Gasteiger partial charge in [0.15, 0.2) is 6.29 Å². The predicted octanol–water partition coefficient (Wildman–Crippen LogP) is 2.61. The lowest BCUT2D eigenvalue weighted by atomic mass is 10.2. The van der Waals surface area contributed by atoms with Crippen LogP contribution >= 0.6 is 0 Å². The summed E-state index contributed by atoms with van der Waals surface area (Å²) in [7, 11) is 0. The second-order valence-corrected chi connectivity index (χ2v) is 4.18. The molecule has 2 aromatic rings. The molecule has 0 saturated carbocycles. The standard InChI is InChI=1S/C12H14N2O2/c1-9(2)5-14-6-11(7-15)12(13-14)10-3-4-16-8-10/h3-4,6-9H,5H2,1-2H3. The molecule has 0 aromatic carbocycles. The Bertz CT molecular complexity index is 469. The van der Waals surface area contributed by atoms with E-state index in [2.05, 4.69) is 18.9 Å². The Hall–Kier alpha value is -1.84. The highest BCUT2D eigenvalue weighted by molar-refractivity contribution is 5.85. The smallest absolute Gasteiger partial charge is 0.153 e. The number of aromatic nitrogens is 2. The number of carbonyl (C=O) groups is 1. The van der Waals surface area contributed by atoms with E-state index in [1.54, 1.807) is 29.5 Å². The minimum absolute atomic E-state index is 0.497. The van der Waals surface area contributed by atoms with Gasteiger partial charge in [0.25, 0.3) is 0 Å². The third kappa shape index (κ3) is 2.05. The molecule has 0 amide bonds. The quantitative estimate of drug-likeness (QED) is 0.741. The zero-order valence-corrected chi connectivity index (χ0v) is 9.38. The Morgan fingerprint density at radius 2 is 2.38 bits per heavy atom. The molecule has 0 aliphatic rings. The zero-order valence-electron chi connectivity index (χ0n) is 9.38. The van der Waals surface area contributed by atoms with Gasteiger partial charge in [-0.3, -0.25) is 9.48 Å². The average molecular weight is 218 g/mol. The van der Waals surface area contributed by atoms with Crippen LogP contribution in [0.4, 0.5) is 0 Å². The number of carbonyl (C=O) groups excluding carboxylic acids is 1. The third-order valence-electron chi connectivity index (χ3n) is 2.26. The Morgan fingerprint density at radius 3 is 2.94 bits per heavy atom. The minimum atomic E-state index is 0.497. The first-order valence-electron chi connectivity index (χ1n) is 5.26. The van der Waals surface area contributed by atoms with Crippen LogP contribution in [0.5, 0.6) is 0 Å². The Morgan fingerprint density at radius 1 is 1.56 bits per heavy atom. The molecule has 0 bridgehead atoms. The molecule has 0 unspecified atom stereocenters. The van der Waals surface area contributed by atoms with Crippen LogP contribution in [0.1, 0.15) is 24.2 Å². The van der Waals surface area contributed by atoms with Crippen molar-refractivity contribution in [1.82, 2.24) is 9.78 Å². The lowest BCUT2D eigenvalue weighted by molar-refractivity contribution is 0.112. The van der Waals surface area contributed by atoms with E-state index in [-0.39, 0.29) is 0 Å². The van der Waals surface area contributed by atoms with Crippen LogP contribution in [0.15, 0.2) is 29.2 Å². The fraction of sp³-hybridized carbons (Fsp3) is 0.333. The van der Waals surface area contributed by atoms with Crippen molar-refractivity contribution in [3.05, 3.63) is 30.4 Å². The van der Waals surface area contributed by atoms with Gasteiger partial charge < -0.3 is 4.42 Å². The average Bonchev–Trinajstić information content (AvgIpc) is 2.83. The summed E-state index contributed by atoms with van der Waals surface area (Å²) in [5.74, 6) is 0.497. The van der Waals surface area contributed by atoms with Crippen LogP contribution in [0.2, 0.25) is 0 Å². The van der Waals surface area contributed by atoms with Gasteiger partial charge in [-0.15, -0.1) is 0 Å². The van der Waals surface area contributed by atoms with Crippen LogP contribution in [-0.4, -0.2) is 16.1 Å². The van der Waals surface area contributed by atoms with E-state index in [0.717, 1.165) is 18.4 Å². The second-order valence-electron chi connectivity index (χ2n) is 4.18. The van der Waals surface area contributed by atoms with Crippen LogP contribution in [-0.2, 0) is 6.54 Å². The highest BCUT2D eigenvalue weighted by atomic mass is 16.3. The molecule has 0 fully saturated rings. The normalized spacial score (nSPS) is 10.9. The molecule has 84 valence electrons. The predicted molar refractivity (Wildman–Crippen MR) is 60.2 cm³/mol. The van der Waals surface area contributed by atoms with E-state index in [0.29, 0.717) is 17.2 Å². The van der Waals surface area contributed by atoms with Crippen molar-refractivity contribution in [2.75, 3.05) is 0 Å². The van der Waals surface area contributed by atoms with Crippen LogP contribution in [0.25, 0.3) is 11.3 Å². The maximum Gasteiger partial charge on any atom is 0.153 e. The van der Waals surface area contributed by atoms with Gasteiger partial charge in [0.05, 0.1) is 18.1 Å². The van der Waals surface area contributed by atoms with E-state index in [1.807, 2.05) is 0 Å². The molecule has 2 rings (SSSR count). The molecule has 0 spiro atoms. The summed E-state index contributed by atoms with van der Waals surface area (Å²) >= 11 is 0. The number of furan rings is 1. The molecule has 0 radical (unpaired) electrons. The van der Waals surface area contributed by atoms with Crippen molar-refractivity contribution < 1.29 is 9.21 Å². The van der Waals surface area contributed by atoms with Gasteiger partial charge in [-0.25, -0.2) is 0 Å². The van der Waals surface area contributed by atoms with Crippen molar-refractivity contribution >= 4 is 6.29 Å². The number of hydrogen-bond donors (Lipinski definition) is 0. The van der Waals surface area contributed by atoms with Crippen molar-refractivity contribution in [2.24, 2.45) is 5.92 Å². The Balaban J connectivity index is 2.37. The summed E-state index contributed by atoms with van der Waals surface area (Å²) in [6.07, 6.45) is 5.77. The highest BCUT2D eigenvalue weighted by Crippen LogP contribution is 2.21. The summed E-state index contributed by atoms with van der Waals surface area (Å²) in [5.41, 5.74) is 2.12. The number of rotatable bonds is 4. The van der Waals surface area contributed by atoms with Crippen LogP contribution in [0, 0.1) is 5.92 Å². The third-order valence-corrected chi connectivity index (χ3v) is 2.26. The topological polar surface area (TPSA) is 48.0 Å². The van der Waals surface area contributed by atoms with E-state index < -0.39 is 0 Å². The van der Waals surface area contributed by atoms with Crippen molar-refractivity contribution in [2.45, 2.75) is 20.4 Å². The molecule has 0 saturated heterocycles. The first-order chi connectivity index (χ1) is 7.70. The van der Waals surface area contributed by atoms with Crippen molar-refractivity contribution in [3.8, 4) is 11.3 Å². The van der Waals surface area contributed by atoms with Gasteiger partial charge in [0, 0.05) is 18.3 Å². The molecule has 4 nitrogen and oxygen atoms in total. The first-order valence-corrected chi connectivity index (χ1v) is 5.26. The fourth-order valence-corrected chi connectivity index (χ4v) is 1.61. The molecule has 16 heavy (non-hydrogen) atoms. The van der Waals surface area contributed by atoms with E-state index in [1.165, 1.54) is 0 Å². The summed E-state index contributed by atoms with van der Waals surface area (Å²) in [6.45, 7) is 5.03. The van der Waals surface area contributed by atoms with Crippen molar-refractivity contribution in [1.29, 1.82) is 0 Å². The maximum atomic E-state index is 10.9. The summed E-state index contributed by atoms with van der Waals surface area (Å²) in [5, 5.41) is 4.39. The summed E-state index contributed by atoms with van der Waals surface area (Å²) in [4.78, 5) is 10.9. The number of nitrogens with zero attached hydrogens (tertiary/aromatic N) is 2. The minimum Gasteiger partial charge on any atom is -0.472 e. The molecular weight excluding hydrogens is 204 g/mol. The highest BCUT2D eigenvalue weighted by Gasteiger charge is 2.11. The second kappa shape index (κ2) is 4.35. The van der Waals surface area contributed by atoms with Gasteiger partial charge in [-0.2, -0.15) is 5.10 Å². The first kappa shape index (κ1) is 10.7. The zero-order chi connectivity index (χ0) is 11.5. The Kier molecular flexibility index (Phi) is 2.90. The summed E-state index contributed by atoms with van der Waals surface area (Å²) < 4.78 is 6.80. The van der Waals surface area contributed by atoms with E-state index in [4.69, 9.17) is 4.42 Å². The number of hydrogen-bond acceptors (Lipinski definition) is 3. The van der Waals surface area contributed by atoms with Crippen LogP contribution < -0.4 is 0 Å². The van der Waals surface area contributed by atoms with Gasteiger partial charge in [0.2, 0.25) is 0 Å². The number of aldehydes is 1. The lowest BCUT2D eigenvalue weighted by Crippen LogP contribution is -2.04. The van der Waals surface area contributed by atoms with Gasteiger partial charge >= 0.3 is 0 Å². The van der Waals surface area contributed by atoms with Gasteiger partial charge in [-0.1, -0.05) is 13.8 Å². The van der Waals surface area contributed by atoms with Gasteiger partial charge in [0.1, 0.15) is 5.69 Å². The monoisotopic (exact) mass is 218 g/mol. The Labute approximate surface area is 93.9 Å². The van der Waals surface area contributed by atoms with Gasteiger partial charge in [-0.05, 0) is 12.0 Å². The molecule has 4 heteroatoms. The van der Waals surface area contributed by atoms with E-state index >= 15 is 0 Å². The molecule has 2 heterocycles.